The number of hydrogen-bond acceptors (Lipinski definition) is 3. The highest BCUT2D eigenvalue weighted by atomic mass is 16.4. The molecule has 0 amide bonds. The van der Waals surface area contributed by atoms with E-state index in [4.69, 9.17) is 6.58 Å². The summed E-state index contributed by atoms with van der Waals surface area (Å²) in [6.07, 6.45) is 3.35. The first kappa shape index (κ1) is 4.05. The Bertz CT molecular complexity index is 145. The van der Waals surface area contributed by atoms with Crippen LogP contribution in [0.4, 0.5) is 0 Å². The standard InChI is InChI=1S/C4H2N2O/c1-2-4-6-5-3-7-4/h1-2H. The first-order chi connectivity index (χ1) is 3.43. The van der Waals surface area contributed by atoms with Gasteiger partial charge in [0.2, 0.25) is 5.89 Å². The smallest absolute Gasteiger partial charge is 0.306 e. The maximum absolute atomic E-state index is 4.95. The third-order valence-electron chi connectivity index (χ3n) is 0.482. The molecule has 0 fully saturated rings. The lowest BCUT2D eigenvalue weighted by atomic mass is 10.7. The molecule has 0 unspecified atom stereocenters. The first-order valence-corrected chi connectivity index (χ1v) is 1.68. The van der Waals surface area contributed by atoms with E-state index in [2.05, 4.69) is 21.0 Å². The molecule has 0 saturated carbocycles. The van der Waals surface area contributed by atoms with Gasteiger partial charge in [0, 0.05) is 6.08 Å². The molecule has 2 radical (unpaired) electrons. The van der Waals surface area contributed by atoms with Crippen LogP contribution in [0.3, 0.4) is 0 Å². The first-order valence-electron chi connectivity index (χ1n) is 1.68. The van der Waals surface area contributed by atoms with E-state index in [-0.39, 0.29) is 0 Å². The quantitative estimate of drug-likeness (QED) is 0.503. The summed E-state index contributed by atoms with van der Waals surface area (Å²) in [6, 6.07) is 0. The van der Waals surface area contributed by atoms with Crippen molar-refractivity contribution in [3.63, 3.8) is 0 Å². The Morgan fingerprint density at radius 1 is 1.86 bits per heavy atom. The molecule has 0 atom stereocenters. The molecule has 0 aliphatic rings. The normalized spacial score (nSPS) is 8.57. The second kappa shape index (κ2) is 1.55. The van der Waals surface area contributed by atoms with Gasteiger partial charge in [-0.05, 0) is 0 Å². The Morgan fingerprint density at radius 2 is 2.71 bits per heavy atom. The van der Waals surface area contributed by atoms with Gasteiger partial charge in [-0.3, -0.25) is 0 Å². The summed E-state index contributed by atoms with van der Waals surface area (Å²) in [6.45, 7) is 4.95. The van der Waals surface area contributed by atoms with Crippen molar-refractivity contribution < 1.29 is 4.42 Å². The topological polar surface area (TPSA) is 38.9 Å². The molecule has 0 N–H and O–H groups in total. The van der Waals surface area contributed by atoms with Gasteiger partial charge in [0.1, 0.15) is 0 Å². The van der Waals surface area contributed by atoms with Crippen molar-refractivity contribution in [1.29, 1.82) is 0 Å². The van der Waals surface area contributed by atoms with E-state index >= 15 is 0 Å². The molecular formula is C4H2N2O. The van der Waals surface area contributed by atoms with E-state index in [1.807, 2.05) is 0 Å². The fourth-order valence-electron chi connectivity index (χ4n) is 0.225. The number of aromatic nitrogens is 2. The average Bonchev–Trinajstić information content (AvgIpc) is 2.14. The van der Waals surface area contributed by atoms with Crippen LogP contribution in [0.1, 0.15) is 5.89 Å². The molecule has 0 bridgehead atoms. The Labute approximate surface area is 40.7 Å². The molecule has 1 aromatic rings. The van der Waals surface area contributed by atoms with Gasteiger partial charge < -0.3 is 4.42 Å². The lowest BCUT2D eigenvalue weighted by Gasteiger charge is -1.67. The lowest BCUT2D eigenvalue weighted by molar-refractivity contribution is 0.533. The molecular weight excluding hydrogens is 92.1 g/mol. The fourth-order valence-corrected chi connectivity index (χ4v) is 0.225. The lowest BCUT2D eigenvalue weighted by Crippen LogP contribution is -1.66. The van der Waals surface area contributed by atoms with Gasteiger partial charge in [0.15, 0.2) is 0 Å². The van der Waals surface area contributed by atoms with Gasteiger partial charge in [-0.1, -0.05) is 6.58 Å². The van der Waals surface area contributed by atoms with Crippen LogP contribution >= 0.6 is 0 Å². The average molecular weight is 94.1 g/mol. The van der Waals surface area contributed by atoms with Crippen molar-refractivity contribution in [3.05, 3.63) is 18.9 Å². The zero-order valence-electron chi connectivity index (χ0n) is 3.46. The van der Waals surface area contributed by atoms with Gasteiger partial charge >= 0.3 is 6.39 Å². The summed E-state index contributed by atoms with van der Waals surface area (Å²) in [5.41, 5.74) is 0. The van der Waals surface area contributed by atoms with Crippen molar-refractivity contribution in [3.8, 4) is 0 Å². The summed E-state index contributed by atoms with van der Waals surface area (Å²) in [4.78, 5) is 0. The second-order valence-electron chi connectivity index (χ2n) is 0.898. The van der Waals surface area contributed by atoms with Crippen molar-refractivity contribution in [2.24, 2.45) is 0 Å². The minimum Gasteiger partial charge on any atom is -0.413 e. The number of hydrogen-bond donors (Lipinski definition) is 0. The Balaban J connectivity index is 2.96. The van der Waals surface area contributed by atoms with Crippen LogP contribution < -0.4 is 0 Å². The maximum atomic E-state index is 4.95. The summed E-state index contributed by atoms with van der Waals surface area (Å²) in [5, 5.41) is 6.62. The van der Waals surface area contributed by atoms with Crippen LogP contribution in [0, 0.1) is 13.0 Å². The molecule has 0 spiro atoms. The third-order valence-corrected chi connectivity index (χ3v) is 0.482. The fraction of sp³-hybridized carbons (Fsp3) is 0. The molecule has 1 aromatic heterocycles. The van der Waals surface area contributed by atoms with Crippen LogP contribution in [0.2, 0.25) is 0 Å². The zero-order valence-corrected chi connectivity index (χ0v) is 3.46. The molecule has 0 aromatic carbocycles. The maximum Gasteiger partial charge on any atom is 0.306 e. The number of rotatable bonds is 1. The SMILES string of the molecule is [CH]=Cc1nn[c]o1. The molecule has 1 heterocycles. The van der Waals surface area contributed by atoms with Crippen molar-refractivity contribution in [2.75, 3.05) is 0 Å². The van der Waals surface area contributed by atoms with Crippen LogP contribution in [0.15, 0.2) is 4.42 Å². The molecule has 7 heavy (non-hydrogen) atoms. The van der Waals surface area contributed by atoms with Crippen LogP contribution in [-0.4, -0.2) is 10.2 Å². The predicted octanol–water partition coefficient (Wildman–Crippen LogP) is 0.316. The van der Waals surface area contributed by atoms with Crippen LogP contribution in [0.5, 0.6) is 0 Å². The van der Waals surface area contributed by atoms with Gasteiger partial charge in [-0.2, -0.15) is 0 Å². The van der Waals surface area contributed by atoms with Gasteiger partial charge in [-0.15, -0.1) is 10.2 Å². The van der Waals surface area contributed by atoms with Gasteiger partial charge in [0.25, 0.3) is 0 Å². The summed E-state index contributed by atoms with van der Waals surface area (Å²) in [7, 11) is 0. The Morgan fingerprint density at radius 3 is 3.00 bits per heavy atom. The third kappa shape index (κ3) is 0.652. The molecule has 0 saturated heterocycles. The monoisotopic (exact) mass is 94.0 g/mol. The summed E-state index contributed by atoms with van der Waals surface area (Å²) in [5.74, 6) is 0.292. The van der Waals surface area contributed by atoms with Crippen LogP contribution in [-0.2, 0) is 0 Å². The summed E-state index contributed by atoms with van der Waals surface area (Å²) >= 11 is 0. The van der Waals surface area contributed by atoms with Gasteiger partial charge in [-0.25, -0.2) is 0 Å². The highest BCUT2D eigenvalue weighted by molar-refractivity contribution is 5.29. The second-order valence-corrected chi connectivity index (χ2v) is 0.898. The van der Waals surface area contributed by atoms with E-state index < -0.39 is 0 Å². The largest absolute Gasteiger partial charge is 0.413 e. The predicted molar refractivity (Wildman–Crippen MR) is 21.9 cm³/mol. The van der Waals surface area contributed by atoms with Crippen molar-refractivity contribution >= 4 is 6.08 Å². The summed E-state index contributed by atoms with van der Waals surface area (Å²) < 4.78 is 4.45. The molecule has 3 heteroatoms. The Hall–Kier alpha value is -1.12. The minimum atomic E-state index is 0.292. The zero-order chi connectivity index (χ0) is 5.11. The van der Waals surface area contributed by atoms with E-state index in [1.54, 1.807) is 0 Å². The van der Waals surface area contributed by atoms with E-state index in [1.165, 1.54) is 6.08 Å². The Kier molecular flexibility index (Phi) is 0.898. The molecule has 3 nitrogen and oxygen atoms in total. The van der Waals surface area contributed by atoms with E-state index in [9.17, 15) is 0 Å². The molecule has 0 aliphatic carbocycles. The van der Waals surface area contributed by atoms with Crippen LogP contribution in [0.25, 0.3) is 6.08 Å². The molecule has 1 rings (SSSR count). The van der Waals surface area contributed by atoms with Crippen molar-refractivity contribution in [2.45, 2.75) is 0 Å². The number of nitrogens with zero attached hydrogens (tertiary/aromatic N) is 2. The minimum absolute atomic E-state index is 0.292. The highest BCUT2D eigenvalue weighted by Crippen LogP contribution is 1.88. The highest BCUT2D eigenvalue weighted by Gasteiger charge is 1.85. The molecule has 0 aliphatic heterocycles. The molecule has 34 valence electrons. The van der Waals surface area contributed by atoms with Crippen molar-refractivity contribution in [1.82, 2.24) is 10.2 Å². The van der Waals surface area contributed by atoms with E-state index in [0.717, 1.165) is 0 Å². The van der Waals surface area contributed by atoms with Gasteiger partial charge in [0.05, 0.1) is 0 Å². The van der Waals surface area contributed by atoms with E-state index in [0.29, 0.717) is 5.89 Å².